The molecule has 3 heteroatoms. The van der Waals surface area contributed by atoms with Crippen LogP contribution in [0.25, 0.3) is 0 Å². The molecule has 0 fully saturated rings. The number of nitrogens with one attached hydrogen (secondary N) is 1. The van der Waals surface area contributed by atoms with Gasteiger partial charge < -0.3 is 5.32 Å². The Kier molecular flexibility index (Phi) is 1.53. The zero-order valence-corrected chi connectivity index (χ0v) is 5.24. The molecule has 43 valence electrons. The van der Waals surface area contributed by atoms with Crippen LogP contribution in [0.5, 0.6) is 0 Å². The highest BCUT2D eigenvalue weighted by Crippen LogP contribution is 2.01. The predicted molar refractivity (Wildman–Crippen MR) is 33.7 cm³/mol. The molecule has 0 aromatic carbocycles. The molecule has 1 rings (SSSR count). The van der Waals surface area contributed by atoms with Crippen molar-refractivity contribution in [2.75, 3.05) is 0 Å². The molecule has 2 nitrogen and oxygen atoms in total. The van der Waals surface area contributed by atoms with Gasteiger partial charge in [-0.05, 0) is 6.92 Å². The van der Waals surface area contributed by atoms with Crippen LogP contribution in [0.2, 0.25) is 0 Å². The first-order valence-corrected chi connectivity index (χ1v) is 2.75. The van der Waals surface area contributed by atoms with Crippen LogP contribution in [-0.2, 0) is 0 Å². The lowest BCUT2D eigenvalue weighted by atomic mass is 10.4. The molecule has 1 atom stereocenters. The average molecular weight is 130 g/mol. The second kappa shape index (κ2) is 2.18. The smallest absolute Gasteiger partial charge is 0.130 e. The zero-order chi connectivity index (χ0) is 5.98. The number of rotatable bonds is 0. The molecule has 1 heterocycles. The zero-order valence-electron chi connectivity index (χ0n) is 4.48. The maximum Gasteiger partial charge on any atom is 0.130 e. The third-order valence-electron chi connectivity index (χ3n) is 0.815. The maximum atomic E-state index is 5.58. The number of allylic oxidation sites excluding steroid dienone is 1. The van der Waals surface area contributed by atoms with Gasteiger partial charge in [-0.2, -0.15) is 0 Å². The first kappa shape index (κ1) is 5.63. The van der Waals surface area contributed by atoms with E-state index in [1.807, 2.05) is 6.92 Å². The standard InChI is InChI=1S/C5H6ClN2/c1-4-2-5(6)8-3-7-4/h3,5H,1H3,(H,7,8). The van der Waals surface area contributed by atoms with Gasteiger partial charge in [0.05, 0.1) is 6.34 Å². The number of hydrogen-bond donors (Lipinski definition) is 1. The molecule has 0 spiro atoms. The van der Waals surface area contributed by atoms with E-state index in [0.29, 0.717) is 0 Å². The summed E-state index contributed by atoms with van der Waals surface area (Å²) in [5.74, 6) is 0. The van der Waals surface area contributed by atoms with Crippen molar-refractivity contribution in [3.63, 3.8) is 0 Å². The van der Waals surface area contributed by atoms with Crippen molar-refractivity contribution < 1.29 is 0 Å². The van der Waals surface area contributed by atoms with Crippen molar-refractivity contribution in [2.24, 2.45) is 4.99 Å². The molecule has 0 amide bonds. The fraction of sp³-hybridized carbons (Fsp3) is 0.400. The summed E-state index contributed by atoms with van der Waals surface area (Å²) in [6.45, 7) is 1.85. The first-order valence-electron chi connectivity index (χ1n) is 2.32. The molecule has 8 heavy (non-hydrogen) atoms. The summed E-state index contributed by atoms with van der Waals surface area (Å²) in [5, 5.41) is 2.75. The normalized spacial score (nSPS) is 26.8. The van der Waals surface area contributed by atoms with Gasteiger partial charge in [-0.25, -0.2) is 4.99 Å². The third-order valence-corrected chi connectivity index (χ3v) is 1.05. The minimum atomic E-state index is -0.201. The summed E-state index contributed by atoms with van der Waals surface area (Å²) in [4.78, 5) is 3.87. The average Bonchev–Trinajstić information content (AvgIpc) is 1.64. The Bertz CT molecular complexity index is 139. The van der Waals surface area contributed by atoms with E-state index in [0.717, 1.165) is 5.70 Å². The molecule has 0 bridgehead atoms. The Hall–Kier alpha value is -0.500. The van der Waals surface area contributed by atoms with Gasteiger partial charge in [0.2, 0.25) is 0 Å². The van der Waals surface area contributed by atoms with Crippen molar-refractivity contribution in [1.29, 1.82) is 0 Å². The van der Waals surface area contributed by atoms with Gasteiger partial charge >= 0.3 is 0 Å². The number of hydrogen-bond acceptors (Lipinski definition) is 2. The number of nitrogens with zero attached hydrogens (tertiary/aromatic N) is 1. The number of aliphatic imine (C=N–C) groups is 1. The third kappa shape index (κ3) is 1.23. The lowest BCUT2D eigenvalue weighted by Crippen LogP contribution is -2.23. The van der Waals surface area contributed by atoms with Crippen molar-refractivity contribution in [3.05, 3.63) is 11.8 Å². The van der Waals surface area contributed by atoms with Gasteiger partial charge in [-0.3, -0.25) is 0 Å². The van der Waals surface area contributed by atoms with Gasteiger partial charge in [-0.1, -0.05) is 11.6 Å². The van der Waals surface area contributed by atoms with E-state index >= 15 is 0 Å². The molecular formula is C5H6ClN2. The molecule has 1 aliphatic rings. The molecule has 0 aromatic heterocycles. The predicted octanol–water partition coefficient (Wildman–Crippen LogP) is 0.890. The Labute approximate surface area is 53.3 Å². The minimum Gasteiger partial charge on any atom is -0.356 e. The second-order valence-electron chi connectivity index (χ2n) is 1.52. The monoisotopic (exact) mass is 129 g/mol. The second-order valence-corrected chi connectivity index (χ2v) is 1.95. The van der Waals surface area contributed by atoms with Gasteiger partial charge in [0.1, 0.15) is 5.50 Å². The van der Waals surface area contributed by atoms with Gasteiger partial charge in [0, 0.05) is 11.8 Å². The summed E-state index contributed by atoms with van der Waals surface area (Å²) < 4.78 is 0. The van der Waals surface area contributed by atoms with E-state index < -0.39 is 0 Å². The fourth-order valence-corrected chi connectivity index (χ4v) is 0.676. The number of halogens is 1. The Morgan fingerprint density at radius 2 is 2.75 bits per heavy atom. The molecule has 0 aromatic rings. The van der Waals surface area contributed by atoms with E-state index in [-0.39, 0.29) is 5.50 Å². The highest BCUT2D eigenvalue weighted by molar-refractivity contribution is 6.21. The first-order chi connectivity index (χ1) is 3.79. The summed E-state index contributed by atoms with van der Waals surface area (Å²) in [7, 11) is 0. The summed E-state index contributed by atoms with van der Waals surface area (Å²) >= 11 is 5.58. The van der Waals surface area contributed by atoms with Gasteiger partial charge in [-0.15, -0.1) is 0 Å². The van der Waals surface area contributed by atoms with E-state index in [9.17, 15) is 0 Å². The van der Waals surface area contributed by atoms with Crippen LogP contribution >= 0.6 is 11.6 Å². The van der Waals surface area contributed by atoms with E-state index in [2.05, 4.69) is 16.4 Å². The van der Waals surface area contributed by atoms with E-state index in [4.69, 9.17) is 11.6 Å². The van der Waals surface area contributed by atoms with Crippen LogP contribution in [0.15, 0.2) is 10.7 Å². The lowest BCUT2D eigenvalue weighted by Gasteiger charge is -2.07. The fourth-order valence-electron chi connectivity index (χ4n) is 0.462. The minimum absolute atomic E-state index is 0.201. The number of alkyl halides is 1. The highest BCUT2D eigenvalue weighted by atomic mass is 35.5. The summed E-state index contributed by atoms with van der Waals surface area (Å²) in [5.41, 5.74) is 0.635. The van der Waals surface area contributed by atoms with Crippen molar-refractivity contribution in [1.82, 2.24) is 5.32 Å². The quantitative estimate of drug-likeness (QED) is 0.381. The Morgan fingerprint density at radius 3 is 3.12 bits per heavy atom. The van der Waals surface area contributed by atoms with Crippen LogP contribution < -0.4 is 5.32 Å². The Balaban J connectivity index is 2.63. The maximum absolute atomic E-state index is 5.58. The largest absolute Gasteiger partial charge is 0.356 e. The van der Waals surface area contributed by atoms with Crippen LogP contribution in [-0.4, -0.2) is 11.8 Å². The van der Waals surface area contributed by atoms with Crippen molar-refractivity contribution >= 4 is 17.9 Å². The molecule has 1 aliphatic heterocycles. The van der Waals surface area contributed by atoms with Gasteiger partial charge in [0.15, 0.2) is 0 Å². The molecular weight excluding hydrogens is 124 g/mol. The van der Waals surface area contributed by atoms with Crippen LogP contribution in [0.3, 0.4) is 0 Å². The summed E-state index contributed by atoms with van der Waals surface area (Å²) in [6, 6.07) is 0. The SMILES string of the molecule is CC1=[C]C(Cl)NC=N1. The van der Waals surface area contributed by atoms with Gasteiger partial charge in [0.25, 0.3) is 0 Å². The van der Waals surface area contributed by atoms with Crippen molar-refractivity contribution in [3.8, 4) is 0 Å². The molecule has 1 radical (unpaired) electrons. The Morgan fingerprint density at radius 1 is 2.00 bits per heavy atom. The van der Waals surface area contributed by atoms with E-state index in [1.54, 1.807) is 6.34 Å². The molecule has 1 unspecified atom stereocenters. The topological polar surface area (TPSA) is 24.4 Å². The van der Waals surface area contributed by atoms with Crippen molar-refractivity contribution in [2.45, 2.75) is 12.4 Å². The summed E-state index contributed by atoms with van der Waals surface area (Å²) in [6.07, 6.45) is 4.43. The molecule has 0 saturated heterocycles. The van der Waals surface area contributed by atoms with Crippen LogP contribution in [0.4, 0.5) is 0 Å². The molecule has 0 aliphatic carbocycles. The van der Waals surface area contributed by atoms with Crippen LogP contribution in [0, 0.1) is 6.08 Å². The van der Waals surface area contributed by atoms with E-state index in [1.165, 1.54) is 0 Å². The lowest BCUT2D eigenvalue weighted by molar-refractivity contribution is 0.915. The van der Waals surface area contributed by atoms with Crippen LogP contribution in [0.1, 0.15) is 6.92 Å². The molecule has 0 saturated carbocycles. The molecule has 1 N–H and O–H groups in total. The highest BCUT2D eigenvalue weighted by Gasteiger charge is 2.00.